The molecule has 2 nitrogen and oxygen atoms in total. The molecule has 0 aliphatic carbocycles. The second-order valence-corrected chi connectivity index (χ2v) is 11.2. The van der Waals surface area contributed by atoms with E-state index in [1.807, 2.05) is 0 Å². The van der Waals surface area contributed by atoms with Crippen molar-refractivity contribution in [2.75, 3.05) is 11.5 Å². The van der Waals surface area contributed by atoms with Crippen molar-refractivity contribution in [2.45, 2.75) is 44.2 Å². The minimum Gasteiger partial charge on any atom is -0.366 e. The molecule has 2 atom stereocenters. The molecule has 2 N–H and O–H groups in total. The van der Waals surface area contributed by atoms with E-state index in [0.29, 0.717) is 23.9 Å². The molecular formula is C25H21Cl3F9NOS. The molecule has 0 radical (unpaired) electrons. The van der Waals surface area contributed by atoms with E-state index in [9.17, 15) is 44.3 Å². The summed E-state index contributed by atoms with van der Waals surface area (Å²) < 4.78 is 123. The van der Waals surface area contributed by atoms with Gasteiger partial charge in [0, 0.05) is 5.75 Å². The van der Waals surface area contributed by atoms with Gasteiger partial charge in [-0.25, -0.2) is 0 Å². The van der Waals surface area contributed by atoms with Gasteiger partial charge in [0.15, 0.2) is 0 Å². The van der Waals surface area contributed by atoms with Gasteiger partial charge >= 0.3 is 18.5 Å². The van der Waals surface area contributed by atoms with Crippen LogP contribution >= 0.6 is 46.6 Å². The van der Waals surface area contributed by atoms with Crippen LogP contribution in [0.1, 0.15) is 58.3 Å². The summed E-state index contributed by atoms with van der Waals surface area (Å²) >= 11 is 17.9. The summed E-state index contributed by atoms with van der Waals surface area (Å²) in [6, 6.07) is 3.50. The van der Waals surface area contributed by atoms with E-state index in [-0.39, 0.29) is 20.6 Å². The topological polar surface area (TPSA) is 43.1 Å². The predicted molar refractivity (Wildman–Crippen MR) is 140 cm³/mol. The van der Waals surface area contributed by atoms with Crippen LogP contribution in [0.2, 0.25) is 15.1 Å². The Kier molecular flexibility index (Phi) is 11.2. The average Bonchev–Trinajstić information content (AvgIpc) is 2.77. The lowest BCUT2D eigenvalue weighted by Gasteiger charge is -2.28. The van der Waals surface area contributed by atoms with Gasteiger partial charge in [0.2, 0.25) is 5.91 Å². The van der Waals surface area contributed by atoms with Crippen LogP contribution in [-0.4, -0.2) is 29.8 Å². The molecule has 40 heavy (non-hydrogen) atoms. The first-order chi connectivity index (χ1) is 18.1. The largest absolute Gasteiger partial charge is 0.417 e. The zero-order valence-electron chi connectivity index (χ0n) is 20.5. The average molecular weight is 661 g/mol. The van der Waals surface area contributed by atoms with Crippen LogP contribution in [0.5, 0.6) is 0 Å². The number of carbonyl (C=O) groups excluding carboxylic acids is 1. The lowest BCUT2D eigenvalue weighted by molar-refractivity contribution is -0.140. The van der Waals surface area contributed by atoms with Crippen LogP contribution in [0.25, 0.3) is 6.08 Å². The maximum atomic E-state index is 14.3. The highest BCUT2D eigenvalue weighted by Crippen LogP contribution is 2.45. The Labute approximate surface area is 243 Å². The number of hydrogen-bond acceptors (Lipinski definition) is 2. The number of alkyl halides is 9. The number of allylic oxidation sites excluding steroid dienone is 1. The van der Waals surface area contributed by atoms with E-state index in [2.05, 4.69) is 0 Å². The number of amides is 1. The van der Waals surface area contributed by atoms with Crippen molar-refractivity contribution in [3.8, 4) is 0 Å². The first-order valence-electron chi connectivity index (χ1n) is 11.2. The number of benzene rings is 2. The van der Waals surface area contributed by atoms with E-state index < -0.39 is 75.9 Å². The van der Waals surface area contributed by atoms with Crippen molar-refractivity contribution in [1.29, 1.82) is 0 Å². The summed E-state index contributed by atoms with van der Waals surface area (Å²) in [5, 5.41) is -0.786. The molecule has 0 spiro atoms. The third-order valence-corrected chi connectivity index (χ3v) is 8.08. The van der Waals surface area contributed by atoms with Gasteiger partial charge in [-0.15, -0.1) is 0 Å². The molecule has 2 aromatic rings. The normalized spacial score (nSPS) is 14.7. The van der Waals surface area contributed by atoms with Crippen LogP contribution in [0.15, 0.2) is 30.3 Å². The van der Waals surface area contributed by atoms with Crippen molar-refractivity contribution in [3.05, 3.63) is 73.2 Å². The summed E-state index contributed by atoms with van der Waals surface area (Å²) in [7, 11) is 0. The maximum Gasteiger partial charge on any atom is 0.417 e. The number of hydrogen-bond donors (Lipinski definition) is 1. The van der Waals surface area contributed by atoms with Crippen molar-refractivity contribution in [3.63, 3.8) is 0 Å². The summed E-state index contributed by atoms with van der Waals surface area (Å²) in [5.74, 6) is -7.69. The van der Waals surface area contributed by atoms with E-state index in [1.165, 1.54) is 13.8 Å². The lowest BCUT2D eigenvalue weighted by atomic mass is 9.81. The minimum absolute atomic E-state index is 0.202. The monoisotopic (exact) mass is 659 g/mol. The highest BCUT2D eigenvalue weighted by molar-refractivity contribution is 7.99. The summed E-state index contributed by atoms with van der Waals surface area (Å²) in [6.45, 7) is 2.89. The summed E-state index contributed by atoms with van der Waals surface area (Å²) in [6.07, 6.45) is -13.5. The van der Waals surface area contributed by atoms with Crippen molar-refractivity contribution in [2.24, 2.45) is 11.7 Å². The Morgan fingerprint density at radius 1 is 0.975 bits per heavy atom. The lowest BCUT2D eigenvalue weighted by Crippen LogP contribution is -2.25. The molecule has 0 saturated carbocycles. The Balaban J connectivity index is 2.82. The number of nitrogens with two attached hydrogens (primary N) is 1. The highest BCUT2D eigenvalue weighted by atomic mass is 35.5. The smallest absolute Gasteiger partial charge is 0.366 e. The van der Waals surface area contributed by atoms with Crippen LogP contribution < -0.4 is 5.73 Å². The molecular weight excluding hydrogens is 640 g/mol. The molecule has 222 valence electrons. The standard InChI is InChI=1S/C25H21Cl3F9NOS/c1-11(2)15(9-40-10-23(29,30)31)19-12(3-5-14(22(38)39)20(19)25(35,36)37)4-6-16(24(32,33)34)13-7-17(26)21(28)18(27)8-13/h3-8,11,15-16H,9-10H2,1-2H3,(H2,38,39)/b6-4+/t15-,16?/m1/s1. The Morgan fingerprint density at radius 2 is 1.52 bits per heavy atom. The molecule has 0 aromatic heterocycles. The first kappa shape index (κ1) is 34.4. The Hall–Kier alpha value is -1.76. The van der Waals surface area contributed by atoms with Crippen molar-refractivity contribution < 1.29 is 44.3 Å². The second kappa shape index (κ2) is 13.0. The molecule has 0 bridgehead atoms. The quantitative estimate of drug-likeness (QED) is 0.215. The van der Waals surface area contributed by atoms with Crippen molar-refractivity contribution >= 4 is 58.5 Å². The fourth-order valence-corrected chi connectivity index (χ4v) is 5.73. The molecule has 0 aliphatic heterocycles. The van der Waals surface area contributed by atoms with Gasteiger partial charge in [-0.2, -0.15) is 51.3 Å². The third-order valence-electron chi connectivity index (χ3n) is 5.75. The molecule has 0 aliphatic rings. The van der Waals surface area contributed by atoms with Gasteiger partial charge in [-0.1, -0.05) is 66.9 Å². The third kappa shape index (κ3) is 8.87. The zero-order chi connectivity index (χ0) is 30.8. The molecule has 0 heterocycles. The van der Waals surface area contributed by atoms with E-state index in [0.717, 1.165) is 24.3 Å². The maximum absolute atomic E-state index is 14.3. The number of thioether (sulfide) groups is 1. The second-order valence-electron chi connectivity index (χ2n) is 9.01. The van der Waals surface area contributed by atoms with E-state index >= 15 is 0 Å². The van der Waals surface area contributed by atoms with Gasteiger partial charge in [0.05, 0.1) is 37.9 Å². The SMILES string of the molecule is CC(C)[C@@H](CSCC(F)(F)F)c1c(/C=C/C(c2cc(Cl)c(Cl)c(Cl)c2)C(F)(F)F)ccc(C(N)=O)c1C(F)(F)F. The van der Waals surface area contributed by atoms with Gasteiger partial charge < -0.3 is 5.73 Å². The van der Waals surface area contributed by atoms with Gasteiger partial charge in [-0.3, -0.25) is 4.79 Å². The van der Waals surface area contributed by atoms with Crippen LogP contribution in [-0.2, 0) is 6.18 Å². The molecule has 1 amide bonds. The van der Waals surface area contributed by atoms with E-state index in [4.69, 9.17) is 40.5 Å². The van der Waals surface area contributed by atoms with Crippen LogP contribution in [0, 0.1) is 5.92 Å². The number of halogens is 12. The Bertz CT molecular complexity index is 1230. The highest BCUT2D eigenvalue weighted by Gasteiger charge is 2.42. The summed E-state index contributed by atoms with van der Waals surface area (Å²) in [5.41, 5.74) is 1.19. The molecule has 2 aromatic carbocycles. The van der Waals surface area contributed by atoms with Gasteiger partial charge in [-0.05, 0) is 46.7 Å². The van der Waals surface area contributed by atoms with E-state index in [1.54, 1.807) is 0 Å². The fourth-order valence-electron chi connectivity index (χ4n) is 3.97. The molecule has 15 heteroatoms. The number of primary amides is 1. The fraction of sp³-hybridized carbons (Fsp3) is 0.400. The predicted octanol–water partition coefficient (Wildman–Crippen LogP) is 10.2. The summed E-state index contributed by atoms with van der Waals surface area (Å²) in [4.78, 5) is 11.9. The molecule has 2 rings (SSSR count). The molecule has 1 unspecified atom stereocenters. The van der Waals surface area contributed by atoms with Crippen LogP contribution in [0.4, 0.5) is 39.5 Å². The zero-order valence-corrected chi connectivity index (χ0v) is 23.6. The minimum atomic E-state index is -5.22. The van der Waals surface area contributed by atoms with Gasteiger partial charge in [0.1, 0.15) is 0 Å². The Morgan fingerprint density at radius 3 is 1.95 bits per heavy atom. The van der Waals surface area contributed by atoms with Crippen molar-refractivity contribution in [1.82, 2.24) is 0 Å². The number of carbonyl (C=O) groups is 1. The number of rotatable bonds is 9. The van der Waals surface area contributed by atoms with Crippen LogP contribution in [0.3, 0.4) is 0 Å². The molecule has 0 saturated heterocycles. The molecule has 0 fully saturated rings. The first-order valence-corrected chi connectivity index (χ1v) is 13.5. The van der Waals surface area contributed by atoms with Gasteiger partial charge in [0.25, 0.3) is 0 Å².